The molecule has 106 valence electrons. The summed E-state index contributed by atoms with van der Waals surface area (Å²) in [5, 5.41) is 11.4. The minimum atomic E-state index is -0.806. The van der Waals surface area contributed by atoms with Crippen LogP contribution in [0.1, 0.15) is 25.5 Å². The first-order valence-corrected chi connectivity index (χ1v) is 6.43. The van der Waals surface area contributed by atoms with Crippen molar-refractivity contribution in [3.63, 3.8) is 0 Å². The number of carbonyl (C=O) groups is 1. The van der Waals surface area contributed by atoms with Crippen LogP contribution in [0.4, 0.5) is 0 Å². The Kier molecular flexibility index (Phi) is 3.68. The SMILES string of the molecule is COC(=O)C(C)(C)[C@@H](N)c1ccc2cc(O)ccc2c1. The van der Waals surface area contributed by atoms with Crippen LogP contribution in [0.15, 0.2) is 36.4 Å². The van der Waals surface area contributed by atoms with Gasteiger partial charge in [0.15, 0.2) is 0 Å². The maximum atomic E-state index is 11.8. The van der Waals surface area contributed by atoms with E-state index < -0.39 is 11.5 Å². The van der Waals surface area contributed by atoms with Crippen molar-refractivity contribution in [1.82, 2.24) is 0 Å². The van der Waals surface area contributed by atoms with Gasteiger partial charge < -0.3 is 15.6 Å². The molecule has 3 N–H and O–H groups in total. The molecule has 4 nitrogen and oxygen atoms in total. The monoisotopic (exact) mass is 273 g/mol. The van der Waals surface area contributed by atoms with Gasteiger partial charge in [-0.15, -0.1) is 0 Å². The fourth-order valence-electron chi connectivity index (χ4n) is 2.25. The number of fused-ring (bicyclic) bond motifs is 1. The molecule has 0 unspecified atom stereocenters. The van der Waals surface area contributed by atoms with Crippen LogP contribution in [-0.2, 0) is 9.53 Å². The minimum absolute atomic E-state index is 0.226. The third-order valence-corrected chi connectivity index (χ3v) is 3.70. The van der Waals surface area contributed by atoms with Gasteiger partial charge in [0.2, 0.25) is 0 Å². The Labute approximate surface area is 118 Å². The lowest BCUT2D eigenvalue weighted by atomic mass is 9.80. The quantitative estimate of drug-likeness (QED) is 0.843. The Bertz CT molecular complexity index is 649. The highest BCUT2D eigenvalue weighted by Gasteiger charge is 2.36. The fraction of sp³-hybridized carbons (Fsp3) is 0.312. The van der Waals surface area contributed by atoms with E-state index in [0.717, 1.165) is 16.3 Å². The molecule has 0 heterocycles. The Morgan fingerprint density at radius 3 is 2.45 bits per heavy atom. The van der Waals surface area contributed by atoms with Crippen molar-refractivity contribution >= 4 is 16.7 Å². The van der Waals surface area contributed by atoms with Crippen LogP contribution < -0.4 is 5.73 Å². The molecule has 0 aliphatic carbocycles. The topological polar surface area (TPSA) is 72.5 Å². The molecular formula is C16H19NO3. The molecule has 4 heteroatoms. The summed E-state index contributed by atoms with van der Waals surface area (Å²) in [5.74, 6) is -0.111. The van der Waals surface area contributed by atoms with Crippen molar-refractivity contribution < 1.29 is 14.6 Å². The van der Waals surface area contributed by atoms with Gasteiger partial charge in [-0.25, -0.2) is 0 Å². The van der Waals surface area contributed by atoms with Gasteiger partial charge in [-0.3, -0.25) is 4.79 Å². The Hall–Kier alpha value is -2.07. The Morgan fingerprint density at radius 2 is 1.80 bits per heavy atom. The summed E-state index contributed by atoms with van der Waals surface area (Å²) in [4.78, 5) is 11.8. The lowest BCUT2D eigenvalue weighted by Gasteiger charge is -2.29. The van der Waals surface area contributed by atoms with Gasteiger partial charge in [0.1, 0.15) is 5.75 Å². The molecular weight excluding hydrogens is 254 g/mol. The average molecular weight is 273 g/mol. The summed E-state index contributed by atoms with van der Waals surface area (Å²) in [6.45, 7) is 3.54. The van der Waals surface area contributed by atoms with E-state index in [9.17, 15) is 9.90 Å². The number of benzene rings is 2. The van der Waals surface area contributed by atoms with Gasteiger partial charge in [0.05, 0.1) is 12.5 Å². The van der Waals surface area contributed by atoms with Crippen LogP contribution in [0.25, 0.3) is 10.8 Å². The molecule has 0 aliphatic rings. The van der Waals surface area contributed by atoms with Crippen LogP contribution in [0.2, 0.25) is 0 Å². The average Bonchev–Trinajstić information content (AvgIpc) is 2.44. The maximum absolute atomic E-state index is 11.8. The summed E-state index contributed by atoms with van der Waals surface area (Å²) in [5.41, 5.74) is 6.27. The number of ether oxygens (including phenoxy) is 1. The number of carbonyl (C=O) groups excluding carboxylic acids is 1. The lowest BCUT2D eigenvalue weighted by Crippen LogP contribution is -2.37. The van der Waals surface area contributed by atoms with E-state index in [1.54, 1.807) is 26.0 Å². The molecule has 0 fully saturated rings. The molecule has 1 atom stereocenters. The van der Waals surface area contributed by atoms with Crippen molar-refractivity contribution in [2.24, 2.45) is 11.1 Å². The van der Waals surface area contributed by atoms with E-state index in [1.165, 1.54) is 7.11 Å². The molecule has 0 spiro atoms. The Morgan fingerprint density at radius 1 is 1.20 bits per heavy atom. The molecule has 0 aliphatic heterocycles. The van der Waals surface area contributed by atoms with Crippen LogP contribution in [0.3, 0.4) is 0 Å². The van der Waals surface area contributed by atoms with Crippen molar-refractivity contribution in [1.29, 1.82) is 0 Å². The summed E-state index contributed by atoms with van der Waals surface area (Å²) in [7, 11) is 1.36. The largest absolute Gasteiger partial charge is 0.508 e. The summed E-state index contributed by atoms with van der Waals surface area (Å²) in [6.07, 6.45) is 0. The molecule has 20 heavy (non-hydrogen) atoms. The van der Waals surface area contributed by atoms with E-state index in [1.807, 2.05) is 24.3 Å². The fourth-order valence-corrected chi connectivity index (χ4v) is 2.25. The molecule has 0 amide bonds. The normalized spacial score (nSPS) is 13.2. The summed E-state index contributed by atoms with van der Waals surface area (Å²) >= 11 is 0. The first-order chi connectivity index (χ1) is 9.36. The number of rotatable bonds is 3. The van der Waals surface area contributed by atoms with Gasteiger partial charge in [-0.2, -0.15) is 0 Å². The van der Waals surface area contributed by atoms with Gasteiger partial charge in [-0.05, 0) is 48.4 Å². The lowest BCUT2D eigenvalue weighted by molar-refractivity contribution is -0.152. The second-order valence-corrected chi connectivity index (χ2v) is 5.48. The number of phenols is 1. The molecule has 0 saturated heterocycles. The molecule has 0 bridgehead atoms. The number of esters is 1. The van der Waals surface area contributed by atoms with Crippen molar-refractivity contribution in [3.8, 4) is 5.75 Å². The third-order valence-electron chi connectivity index (χ3n) is 3.70. The molecule has 2 aromatic rings. The van der Waals surface area contributed by atoms with E-state index in [4.69, 9.17) is 10.5 Å². The standard InChI is InChI=1S/C16H19NO3/c1-16(2,15(19)20-3)14(17)12-5-4-11-9-13(18)7-6-10(11)8-12/h4-9,14,18H,17H2,1-3H3/t14-/m0/s1. The highest BCUT2D eigenvalue weighted by atomic mass is 16.5. The van der Waals surface area contributed by atoms with E-state index in [0.29, 0.717) is 0 Å². The van der Waals surface area contributed by atoms with Crippen molar-refractivity contribution in [3.05, 3.63) is 42.0 Å². The van der Waals surface area contributed by atoms with E-state index >= 15 is 0 Å². The van der Waals surface area contributed by atoms with Crippen molar-refractivity contribution in [2.45, 2.75) is 19.9 Å². The number of nitrogens with two attached hydrogens (primary N) is 1. The predicted octanol–water partition coefficient (Wildman–Crippen LogP) is 2.74. The van der Waals surface area contributed by atoms with Gasteiger partial charge in [-0.1, -0.05) is 18.2 Å². The molecule has 0 saturated carbocycles. The molecule has 0 aromatic heterocycles. The van der Waals surface area contributed by atoms with Gasteiger partial charge in [0.25, 0.3) is 0 Å². The smallest absolute Gasteiger partial charge is 0.313 e. The van der Waals surface area contributed by atoms with Crippen LogP contribution in [0.5, 0.6) is 5.75 Å². The highest BCUT2D eigenvalue weighted by molar-refractivity contribution is 5.85. The number of phenolic OH excluding ortho intramolecular Hbond substituents is 1. The molecule has 2 aromatic carbocycles. The first-order valence-electron chi connectivity index (χ1n) is 6.43. The van der Waals surface area contributed by atoms with E-state index in [2.05, 4.69) is 0 Å². The second-order valence-electron chi connectivity index (χ2n) is 5.48. The summed E-state index contributed by atoms with van der Waals surface area (Å²) < 4.78 is 4.81. The Balaban J connectivity index is 2.42. The second kappa shape index (κ2) is 5.13. The van der Waals surface area contributed by atoms with Gasteiger partial charge in [0, 0.05) is 6.04 Å². The van der Waals surface area contributed by atoms with Crippen LogP contribution in [-0.4, -0.2) is 18.2 Å². The minimum Gasteiger partial charge on any atom is -0.508 e. The highest BCUT2D eigenvalue weighted by Crippen LogP contribution is 2.34. The zero-order valence-electron chi connectivity index (χ0n) is 11.9. The summed E-state index contributed by atoms with van der Waals surface area (Å²) in [6, 6.07) is 10.4. The van der Waals surface area contributed by atoms with Gasteiger partial charge >= 0.3 is 5.97 Å². The van der Waals surface area contributed by atoms with Crippen molar-refractivity contribution in [2.75, 3.05) is 7.11 Å². The first kappa shape index (κ1) is 14.3. The van der Waals surface area contributed by atoms with E-state index in [-0.39, 0.29) is 11.7 Å². The zero-order valence-corrected chi connectivity index (χ0v) is 11.9. The van der Waals surface area contributed by atoms with Crippen LogP contribution >= 0.6 is 0 Å². The molecule has 0 radical (unpaired) electrons. The maximum Gasteiger partial charge on any atom is 0.313 e. The molecule has 2 rings (SSSR count). The number of hydrogen-bond donors (Lipinski definition) is 2. The number of methoxy groups -OCH3 is 1. The zero-order chi connectivity index (χ0) is 14.9. The number of hydrogen-bond acceptors (Lipinski definition) is 4. The van der Waals surface area contributed by atoms with Crippen LogP contribution in [0, 0.1) is 5.41 Å². The predicted molar refractivity (Wildman–Crippen MR) is 78.3 cm³/mol. The number of aromatic hydroxyl groups is 1. The third kappa shape index (κ3) is 2.47.